The average molecular weight is 261 g/mol. The van der Waals surface area contributed by atoms with Crippen molar-refractivity contribution in [2.45, 2.75) is 6.42 Å². The van der Waals surface area contributed by atoms with Gasteiger partial charge < -0.3 is 10.0 Å². The van der Waals surface area contributed by atoms with E-state index in [0.29, 0.717) is 12.2 Å². The molecule has 2 rings (SSSR count). The average Bonchev–Trinajstić information content (AvgIpc) is 2.46. The predicted molar refractivity (Wildman–Crippen MR) is 67.7 cm³/mol. The lowest BCUT2D eigenvalue weighted by atomic mass is 10.3. The summed E-state index contributed by atoms with van der Waals surface area (Å²) in [5.41, 5.74) is 0.309. The fourth-order valence-corrected chi connectivity index (χ4v) is 2.00. The van der Waals surface area contributed by atoms with Crippen LogP contribution in [0.5, 0.6) is 0 Å². The van der Waals surface area contributed by atoms with Gasteiger partial charge in [0.15, 0.2) is 5.69 Å². The highest BCUT2D eigenvalue weighted by atomic mass is 16.4. The molecule has 0 atom stereocenters. The number of hydrogen-bond donors (Lipinski definition) is 1. The van der Waals surface area contributed by atoms with Gasteiger partial charge in [-0.15, -0.1) is 0 Å². The molecule has 1 aromatic heterocycles. The second-order valence-electron chi connectivity index (χ2n) is 4.34. The number of anilines is 1. The van der Waals surface area contributed by atoms with Gasteiger partial charge in [-0.2, -0.15) is 5.26 Å². The number of piperazine rings is 1. The number of aromatic nitrogens is 2. The fraction of sp³-hybridized carbons (Fsp3) is 0.500. The van der Waals surface area contributed by atoms with Crippen molar-refractivity contribution >= 4 is 11.8 Å². The number of nitriles is 1. The van der Waals surface area contributed by atoms with Crippen LogP contribution in [0.25, 0.3) is 0 Å². The van der Waals surface area contributed by atoms with Gasteiger partial charge in [0.25, 0.3) is 0 Å². The second kappa shape index (κ2) is 6.11. The molecule has 7 nitrogen and oxygen atoms in total. The van der Waals surface area contributed by atoms with E-state index in [4.69, 9.17) is 10.4 Å². The molecular weight excluding hydrogens is 246 g/mol. The third-order valence-corrected chi connectivity index (χ3v) is 3.09. The molecule has 0 spiro atoms. The summed E-state index contributed by atoms with van der Waals surface area (Å²) in [6.07, 6.45) is 3.24. The molecule has 0 aliphatic carbocycles. The standard InChI is InChI=1S/C12H15N5O2/c13-7-10-8-15-11(9-14-10)17-5-3-16(4-6-17)2-1-12(18)19/h8-9H,1-6H2,(H,18,19). The van der Waals surface area contributed by atoms with Gasteiger partial charge in [0, 0.05) is 32.7 Å². The van der Waals surface area contributed by atoms with Gasteiger partial charge >= 0.3 is 5.97 Å². The van der Waals surface area contributed by atoms with Crippen LogP contribution in [0.2, 0.25) is 0 Å². The first kappa shape index (κ1) is 13.2. The van der Waals surface area contributed by atoms with Gasteiger partial charge in [-0.1, -0.05) is 0 Å². The zero-order valence-corrected chi connectivity index (χ0v) is 10.5. The minimum Gasteiger partial charge on any atom is -0.481 e. The van der Waals surface area contributed by atoms with Gasteiger partial charge in [0.05, 0.1) is 18.8 Å². The zero-order chi connectivity index (χ0) is 13.7. The fourth-order valence-electron chi connectivity index (χ4n) is 2.00. The van der Waals surface area contributed by atoms with Crippen molar-refractivity contribution in [3.8, 4) is 6.07 Å². The van der Waals surface area contributed by atoms with Crippen molar-refractivity contribution in [2.75, 3.05) is 37.6 Å². The number of hydrogen-bond acceptors (Lipinski definition) is 6. The summed E-state index contributed by atoms with van der Waals surface area (Å²) < 4.78 is 0. The van der Waals surface area contributed by atoms with Crippen molar-refractivity contribution in [1.82, 2.24) is 14.9 Å². The number of carbonyl (C=O) groups is 1. The first-order valence-corrected chi connectivity index (χ1v) is 6.10. The smallest absolute Gasteiger partial charge is 0.304 e. The van der Waals surface area contributed by atoms with Crippen LogP contribution in [0.1, 0.15) is 12.1 Å². The lowest BCUT2D eigenvalue weighted by Gasteiger charge is -2.34. The number of aliphatic carboxylic acids is 1. The highest BCUT2D eigenvalue weighted by Gasteiger charge is 2.18. The zero-order valence-electron chi connectivity index (χ0n) is 10.5. The molecule has 1 aliphatic heterocycles. The quantitative estimate of drug-likeness (QED) is 0.811. The van der Waals surface area contributed by atoms with Crippen LogP contribution < -0.4 is 4.90 Å². The summed E-state index contributed by atoms with van der Waals surface area (Å²) in [5.74, 6) is -0.00252. The van der Waals surface area contributed by atoms with E-state index in [2.05, 4.69) is 19.8 Å². The number of carboxylic acids is 1. The topological polar surface area (TPSA) is 93.4 Å². The molecule has 1 saturated heterocycles. The summed E-state index contributed by atoms with van der Waals surface area (Å²) in [6, 6.07) is 1.94. The summed E-state index contributed by atoms with van der Waals surface area (Å²) >= 11 is 0. The highest BCUT2D eigenvalue weighted by Crippen LogP contribution is 2.12. The van der Waals surface area contributed by atoms with E-state index in [0.717, 1.165) is 32.0 Å². The van der Waals surface area contributed by atoms with Crippen molar-refractivity contribution < 1.29 is 9.90 Å². The maximum absolute atomic E-state index is 10.5. The predicted octanol–water partition coefficient (Wildman–Crippen LogP) is -0.0550. The lowest BCUT2D eigenvalue weighted by Crippen LogP contribution is -2.47. The molecule has 1 aromatic rings. The SMILES string of the molecule is N#Cc1cnc(N2CCN(CCC(=O)O)CC2)cn1. The molecule has 0 saturated carbocycles. The third kappa shape index (κ3) is 3.63. The van der Waals surface area contributed by atoms with Crippen molar-refractivity contribution in [3.63, 3.8) is 0 Å². The maximum atomic E-state index is 10.5. The molecule has 0 amide bonds. The minimum absolute atomic E-state index is 0.177. The van der Waals surface area contributed by atoms with Gasteiger partial charge in [0.1, 0.15) is 11.9 Å². The Balaban J connectivity index is 1.85. The normalized spacial score (nSPS) is 16.1. The molecule has 0 unspecified atom stereocenters. The van der Waals surface area contributed by atoms with E-state index in [1.165, 1.54) is 6.20 Å². The van der Waals surface area contributed by atoms with Crippen molar-refractivity contribution in [1.29, 1.82) is 5.26 Å². The Bertz CT molecular complexity index is 474. The first-order valence-electron chi connectivity index (χ1n) is 6.10. The van der Waals surface area contributed by atoms with Crippen LogP contribution in [0.3, 0.4) is 0 Å². The summed E-state index contributed by atoms with van der Waals surface area (Å²) in [7, 11) is 0. The second-order valence-corrected chi connectivity index (χ2v) is 4.34. The highest BCUT2D eigenvalue weighted by molar-refractivity contribution is 5.66. The van der Waals surface area contributed by atoms with E-state index in [-0.39, 0.29) is 6.42 Å². The molecule has 100 valence electrons. The van der Waals surface area contributed by atoms with Gasteiger partial charge in [-0.3, -0.25) is 9.69 Å². The van der Waals surface area contributed by atoms with Gasteiger partial charge in [-0.05, 0) is 0 Å². The molecule has 0 bridgehead atoms. The molecule has 2 heterocycles. The molecular formula is C12H15N5O2. The van der Waals surface area contributed by atoms with E-state index in [9.17, 15) is 4.79 Å². The maximum Gasteiger partial charge on any atom is 0.304 e. The molecule has 1 fully saturated rings. The Morgan fingerprint density at radius 2 is 2.05 bits per heavy atom. The van der Waals surface area contributed by atoms with Gasteiger partial charge in [-0.25, -0.2) is 9.97 Å². The van der Waals surface area contributed by atoms with E-state index in [1.807, 2.05) is 6.07 Å². The molecule has 7 heteroatoms. The number of rotatable bonds is 4. The Kier molecular flexibility index (Phi) is 4.26. The summed E-state index contributed by atoms with van der Waals surface area (Å²) in [5, 5.41) is 17.3. The number of nitrogens with zero attached hydrogens (tertiary/aromatic N) is 5. The number of carboxylic acid groups (broad SMARTS) is 1. The molecule has 0 radical (unpaired) electrons. The van der Waals surface area contributed by atoms with E-state index in [1.54, 1.807) is 6.20 Å². The van der Waals surface area contributed by atoms with E-state index >= 15 is 0 Å². The van der Waals surface area contributed by atoms with E-state index < -0.39 is 5.97 Å². The summed E-state index contributed by atoms with van der Waals surface area (Å²) in [6.45, 7) is 3.80. The Morgan fingerprint density at radius 3 is 2.58 bits per heavy atom. The van der Waals surface area contributed by atoms with Crippen LogP contribution in [0.15, 0.2) is 12.4 Å². The monoisotopic (exact) mass is 261 g/mol. The molecule has 19 heavy (non-hydrogen) atoms. The molecule has 1 N–H and O–H groups in total. The first-order chi connectivity index (χ1) is 9.19. The molecule has 0 aromatic carbocycles. The molecule has 1 aliphatic rings. The lowest BCUT2D eigenvalue weighted by molar-refractivity contribution is -0.137. The van der Waals surface area contributed by atoms with Crippen LogP contribution in [-0.2, 0) is 4.79 Å². The Hall–Kier alpha value is -2.20. The van der Waals surface area contributed by atoms with Crippen molar-refractivity contribution in [2.24, 2.45) is 0 Å². The summed E-state index contributed by atoms with van der Waals surface area (Å²) in [4.78, 5) is 22.9. The van der Waals surface area contributed by atoms with Crippen LogP contribution in [-0.4, -0.2) is 58.7 Å². The third-order valence-electron chi connectivity index (χ3n) is 3.09. The van der Waals surface area contributed by atoms with Crippen LogP contribution >= 0.6 is 0 Å². The van der Waals surface area contributed by atoms with Crippen molar-refractivity contribution in [3.05, 3.63) is 18.1 Å². The Labute approximate surface area is 111 Å². The largest absolute Gasteiger partial charge is 0.481 e. The van der Waals surface area contributed by atoms with Crippen LogP contribution in [0, 0.1) is 11.3 Å². The minimum atomic E-state index is -0.764. The van der Waals surface area contributed by atoms with Crippen LogP contribution in [0.4, 0.5) is 5.82 Å². The van der Waals surface area contributed by atoms with Gasteiger partial charge in [0.2, 0.25) is 0 Å². The Morgan fingerprint density at radius 1 is 1.32 bits per heavy atom.